The molecule has 2 aliphatic heterocycles. The van der Waals surface area contributed by atoms with Crippen molar-refractivity contribution >= 4 is 29.3 Å². The molecule has 0 aliphatic carbocycles. The monoisotopic (exact) mass is 610 g/mol. The first-order valence-electron chi connectivity index (χ1n) is 15.2. The standard InChI is InChI=1S/C32H38N10O3/c1-22-12-17-42(38-22)31-36-28(35-30(37-31)41-18-20-45-21-19-41)23-4-8-25(9-5-23)33-32(44)34-26-10-6-24(7-11-26)29(43)40-15-13-27(14-16-40)39(2)3/h4-12,17,27H,13-16,18-21H2,1-3H3,(H2,33,34,44). The van der Waals surface area contributed by atoms with Gasteiger partial charge in [0.25, 0.3) is 11.9 Å². The Morgan fingerprint density at radius 1 is 0.822 bits per heavy atom. The molecule has 2 N–H and O–H groups in total. The third kappa shape index (κ3) is 7.27. The van der Waals surface area contributed by atoms with Crippen LogP contribution in [0.15, 0.2) is 60.8 Å². The normalized spacial score (nSPS) is 15.7. The van der Waals surface area contributed by atoms with Crippen molar-refractivity contribution in [2.45, 2.75) is 25.8 Å². The smallest absolute Gasteiger partial charge is 0.323 e. The van der Waals surface area contributed by atoms with Crippen molar-refractivity contribution in [1.82, 2.24) is 34.5 Å². The largest absolute Gasteiger partial charge is 0.378 e. The molecule has 45 heavy (non-hydrogen) atoms. The van der Waals surface area contributed by atoms with Gasteiger partial charge in [-0.1, -0.05) is 0 Å². The van der Waals surface area contributed by atoms with E-state index in [1.54, 1.807) is 41.1 Å². The van der Waals surface area contributed by atoms with Crippen molar-refractivity contribution in [1.29, 1.82) is 0 Å². The second-order valence-electron chi connectivity index (χ2n) is 11.5. The number of likely N-dealkylation sites (tertiary alicyclic amines) is 1. The second-order valence-corrected chi connectivity index (χ2v) is 11.5. The van der Waals surface area contributed by atoms with Crippen molar-refractivity contribution in [3.63, 3.8) is 0 Å². The van der Waals surface area contributed by atoms with Gasteiger partial charge >= 0.3 is 6.03 Å². The van der Waals surface area contributed by atoms with Crippen LogP contribution >= 0.6 is 0 Å². The van der Waals surface area contributed by atoms with Gasteiger partial charge < -0.3 is 30.1 Å². The molecule has 0 unspecified atom stereocenters. The molecule has 2 fully saturated rings. The molecular formula is C32H38N10O3. The van der Waals surface area contributed by atoms with Crippen molar-refractivity contribution < 1.29 is 14.3 Å². The van der Waals surface area contributed by atoms with Crippen molar-refractivity contribution in [2.24, 2.45) is 0 Å². The molecular weight excluding hydrogens is 572 g/mol. The van der Waals surface area contributed by atoms with Crippen LogP contribution in [-0.2, 0) is 4.74 Å². The summed E-state index contributed by atoms with van der Waals surface area (Å²) in [5.41, 5.74) is 3.44. The van der Waals surface area contributed by atoms with Crippen LogP contribution in [0.4, 0.5) is 22.1 Å². The second kappa shape index (κ2) is 13.4. The number of morpholine rings is 1. The molecule has 4 aromatic rings. The zero-order chi connectivity index (χ0) is 31.3. The fourth-order valence-electron chi connectivity index (χ4n) is 5.48. The molecule has 0 atom stereocenters. The Balaban J connectivity index is 1.09. The van der Waals surface area contributed by atoms with E-state index in [9.17, 15) is 9.59 Å². The van der Waals surface area contributed by atoms with E-state index in [4.69, 9.17) is 9.72 Å². The molecule has 2 aliphatic rings. The average molecular weight is 611 g/mol. The number of nitrogens with zero attached hydrogens (tertiary/aromatic N) is 8. The lowest BCUT2D eigenvalue weighted by Gasteiger charge is -2.35. The van der Waals surface area contributed by atoms with Gasteiger partial charge in [-0.05, 0) is 88.5 Å². The number of benzene rings is 2. The Morgan fingerprint density at radius 3 is 2.04 bits per heavy atom. The number of carbonyl (C=O) groups is 2. The first-order valence-corrected chi connectivity index (χ1v) is 15.2. The molecule has 2 aromatic heterocycles. The zero-order valence-electron chi connectivity index (χ0n) is 25.8. The molecule has 2 aromatic carbocycles. The van der Waals surface area contributed by atoms with Crippen LogP contribution in [0.1, 0.15) is 28.9 Å². The van der Waals surface area contributed by atoms with E-state index in [-0.39, 0.29) is 5.91 Å². The van der Waals surface area contributed by atoms with Crippen molar-refractivity contribution in [3.8, 4) is 17.3 Å². The number of amides is 3. The van der Waals surface area contributed by atoms with Crippen LogP contribution in [-0.4, -0.2) is 106 Å². The summed E-state index contributed by atoms with van der Waals surface area (Å²) in [4.78, 5) is 46.0. The number of urea groups is 1. The van der Waals surface area contributed by atoms with E-state index in [0.29, 0.717) is 67.0 Å². The number of aromatic nitrogens is 5. The molecule has 2 saturated heterocycles. The maximum Gasteiger partial charge on any atom is 0.323 e. The van der Waals surface area contributed by atoms with E-state index < -0.39 is 6.03 Å². The summed E-state index contributed by atoms with van der Waals surface area (Å²) in [7, 11) is 4.16. The van der Waals surface area contributed by atoms with Gasteiger partial charge in [0.1, 0.15) is 0 Å². The number of anilines is 3. The van der Waals surface area contributed by atoms with Gasteiger partial charge in [-0.3, -0.25) is 4.79 Å². The molecule has 6 rings (SSSR count). The highest BCUT2D eigenvalue weighted by atomic mass is 16.5. The molecule has 0 bridgehead atoms. The minimum absolute atomic E-state index is 0.0189. The molecule has 0 spiro atoms. The average Bonchev–Trinajstić information content (AvgIpc) is 3.51. The maximum atomic E-state index is 13.0. The topological polar surface area (TPSA) is 134 Å². The fourth-order valence-corrected chi connectivity index (χ4v) is 5.48. The van der Waals surface area contributed by atoms with Crippen LogP contribution in [0.25, 0.3) is 17.3 Å². The van der Waals surface area contributed by atoms with E-state index in [2.05, 4.69) is 49.6 Å². The van der Waals surface area contributed by atoms with Crippen molar-refractivity contribution in [2.75, 3.05) is 69.0 Å². The van der Waals surface area contributed by atoms with Crippen molar-refractivity contribution in [3.05, 3.63) is 72.1 Å². The van der Waals surface area contributed by atoms with E-state index in [1.165, 1.54) is 0 Å². The fraction of sp³-hybridized carbons (Fsp3) is 0.375. The van der Waals surface area contributed by atoms with Gasteiger partial charge in [-0.25, -0.2) is 9.48 Å². The lowest BCUT2D eigenvalue weighted by Crippen LogP contribution is -2.44. The molecule has 13 heteroatoms. The number of ether oxygens (including phenoxy) is 1. The Kier molecular flexibility index (Phi) is 8.98. The summed E-state index contributed by atoms with van der Waals surface area (Å²) in [6.45, 7) is 6.00. The van der Waals surface area contributed by atoms with Gasteiger partial charge in [-0.2, -0.15) is 20.1 Å². The number of rotatable bonds is 7. The molecule has 3 amide bonds. The quantitative estimate of drug-likeness (QED) is 0.321. The van der Waals surface area contributed by atoms with Gasteiger partial charge in [-0.15, -0.1) is 0 Å². The van der Waals surface area contributed by atoms with Gasteiger partial charge in [0, 0.05) is 60.9 Å². The van der Waals surface area contributed by atoms with Crippen LogP contribution in [0.5, 0.6) is 0 Å². The van der Waals surface area contributed by atoms with Gasteiger partial charge in [0.15, 0.2) is 5.82 Å². The number of piperidine rings is 1. The third-order valence-electron chi connectivity index (χ3n) is 8.11. The lowest BCUT2D eigenvalue weighted by molar-refractivity contribution is 0.0663. The Bertz CT molecular complexity index is 1620. The highest BCUT2D eigenvalue weighted by Gasteiger charge is 2.24. The van der Waals surface area contributed by atoms with E-state index >= 15 is 0 Å². The molecule has 0 radical (unpaired) electrons. The van der Waals surface area contributed by atoms with Gasteiger partial charge in [0.2, 0.25) is 5.95 Å². The summed E-state index contributed by atoms with van der Waals surface area (Å²) in [6.07, 6.45) is 3.76. The summed E-state index contributed by atoms with van der Waals surface area (Å²) in [5, 5.41) is 10.2. The number of hydrogen-bond donors (Lipinski definition) is 2. The van der Waals surface area contributed by atoms with E-state index in [0.717, 1.165) is 37.2 Å². The summed E-state index contributed by atoms with van der Waals surface area (Å²) in [6, 6.07) is 16.3. The molecule has 13 nitrogen and oxygen atoms in total. The summed E-state index contributed by atoms with van der Waals surface area (Å²) in [5.74, 6) is 1.51. The minimum atomic E-state index is -0.390. The van der Waals surface area contributed by atoms with Crippen LogP contribution in [0.2, 0.25) is 0 Å². The molecule has 4 heterocycles. The number of aryl methyl sites for hydroxylation is 1. The maximum absolute atomic E-state index is 13.0. The number of nitrogens with one attached hydrogen (secondary N) is 2. The Morgan fingerprint density at radius 2 is 1.44 bits per heavy atom. The lowest BCUT2D eigenvalue weighted by atomic mass is 10.0. The highest BCUT2D eigenvalue weighted by molar-refractivity contribution is 6.00. The molecule has 234 valence electrons. The first kappa shape index (κ1) is 30.2. The molecule has 0 saturated carbocycles. The number of hydrogen-bond acceptors (Lipinski definition) is 9. The zero-order valence-corrected chi connectivity index (χ0v) is 25.8. The first-order chi connectivity index (χ1) is 21.8. The third-order valence-corrected chi connectivity index (χ3v) is 8.11. The SMILES string of the molecule is Cc1ccn(-c2nc(-c3ccc(NC(=O)Nc4ccc(C(=O)N5CCC(N(C)C)CC5)cc4)cc3)nc(N3CCOCC3)n2)n1. The van der Waals surface area contributed by atoms with Crippen LogP contribution < -0.4 is 15.5 Å². The summed E-state index contributed by atoms with van der Waals surface area (Å²) >= 11 is 0. The Hall–Kier alpha value is -4.88. The predicted octanol–water partition coefficient (Wildman–Crippen LogP) is 3.68. The van der Waals surface area contributed by atoms with Crippen LogP contribution in [0, 0.1) is 6.92 Å². The predicted molar refractivity (Wildman–Crippen MR) is 172 cm³/mol. The van der Waals surface area contributed by atoms with Crippen LogP contribution in [0.3, 0.4) is 0 Å². The van der Waals surface area contributed by atoms with E-state index in [1.807, 2.05) is 36.2 Å². The minimum Gasteiger partial charge on any atom is -0.378 e. The highest BCUT2D eigenvalue weighted by Crippen LogP contribution is 2.23. The number of carbonyl (C=O) groups excluding carboxylic acids is 2. The van der Waals surface area contributed by atoms with Gasteiger partial charge in [0.05, 0.1) is 18.9 Å². The summed E-state index contributed by atoms with van der Waals surface area (Å²) < 4.78 is 7.14. The Labute approximate surface area is 262 Å².